The van der Waals surface area contributed by atoms with Crippen LogP contribution in [0, 0.1) is 0 Å². The van der Waals surface area contributed by atoms with Gasteiger partial charge < -0.3 is 9.30 Å². The summed E-state index contributed by atoms with van der Waals surface area (Å²) in [5.74, 6) is 0.946. The molecule has 4 heteroatoms. The van der Waals surface area contributed by atoms with E-state index < -0.39 is 0 Å². The molecule has 0 spiro atoms. The largest absolute Gasteiger partial charge is 0.493 e. The third-order valence-corrected chi connectivity index (χ3v) is 4.16. The van der Waals surface area contributed by atoms with Crippen LogP contribution < -0.4 is 4.74 Å². The van der Waals surface area contributed by atoms with Crippen LogP contribution >= 0.6 is 11.8 Å². The fraction of sp³-hybridized carbons (Fsp3) is 0.353. The highest BCUT2D eigenvalue weighted by Gasteiger charge is 2.17. The monoisotopic (exact) mass is 302 g/mol. The number of nitrogens with zero attached hydrogens (tertiary/aromatic N) is 2. The van der Waals surface area contributed by atoms with Gasteiger partial charge in [0.1, 0.15) is 11.1 Å². The van der Waals surface area contributed by atoms with E-state index >= 15 is 0 Å². The van der Waals surface area contributed by atoms with E-state index in [1.54, 1.807) is 18.0 Å². The molecule has 0 fully saturated rings. The number of imidazole rings is 1. The number of benzene rings is 1. The van der Waals surface area contributed by atoms with Gasteiger partial charge in [0.05, 0.1) is 12.9 Å². The van der Waals surface area contributed by atoms with Crippen molar-refractivity contribution in [1.29, 1.82) is 0 Å². The van der Waals surface area contributed by atoms with E-state index in [4.69, 9.17) is 4.74 Å². The van der Waals surface area contributed by atoms with Gasteiger partial charge >= 0.3 is 0 Å². The Morgan fingerprint density at radius 2 is 2.24 bits per heavy atom. The lowest BCUT2D eigenvalue weighted by atomic mass is 10.2. The quantitative estimate of drug-likeness (QED) is 0.618. The molecule has 0 N–H and O–H groups in total. The first kappa shape index (κ1) is 15.7. The Labute approximate surface area is 131 Å². The predicted octanol–water partition coefficient (Wildman–Crippen LogP) is 4.88. The van der Waals surface area contributed by atoms with Crippen molar-refractivity contribution in [3.05, 3.63) is 60.5 Å². The molecular formula is C17H22N2OS. The van der Waals surface area contributed by atoms with Crippen LogP contribution in [0.15, 0.2) is 55.0 Å². The third-order valence-electron chi connectivity index (χ3n) is 3.21. The standard InChI is InChI=1S/C17H22N2OS/c1-3-5-8-13-20-16-10-7-6-9-15(16)17(21-4-2)19-12-11-18-14-19/h4,6-7,9-12,14,17H,2-3,5,8,13H2,1H3. The third kappa shape index (κ3) is 4.39. The molecule has 0 aliphatic heterocycles. The molecule has 0 aliphatic carbocycles. The van der Waals surface area contributed by atoms with Gasteiger partial charge in [0, 0.05) is 18.0 Å². The van der Waals surface area contributed by atoms with Crippen molar-refractivity contribution < 1.29 is 4.74 Å². The van der Waals surface area contributed by atoms with Gasteiger partial charge in [-0.25, -0.2) is 4.98 Å². The molecule has 0 amide bonds. The van der Waals surface area contributed by atoms with Crippen molar-refractivity contribution >= 4 is 11.8 Å². The minimum absolute atomic E-state index is 0.104. The second-order valence-electron chi connectivity index (χ2n) is 4.76. The molecule has 1 atom stereocenters. The first-order valence-corrected chi connectivity index (χ1v) is 8.26. The van der Waals surface area contributed by atoms with Crippen molar-refractivity contribution in [3.8, 4) is 5.75 Å². The zero-order chi connectivity index (χ0) is 14.9. The summed E-state index contributed by atoms with van der Waals surface area (Å²) in [6.07, 6.45) is 9.09. The average Bonchev–Trinajstić information content (AvgIpc) is 3.04. The second kappa shape index (κ2) is 8.57. The van der Waals surface area contributed by atoms with Crippen LogP contribution in [0.5, 0.6) is 5.75 Å². The minimum atomic E-state index is 0.104. The van der Waals surface area contributed by atoms with E-state index in [0.29, 0.717) is 0 Å². The van der Waals surface area contributed by atoms with Gasteiger partial charge in [-0.2, -0.15) is 0 Å². The van der Waals surface area contributed by atoms with Crippen LogP contribution in [0.4, 0.5) is 0 Å². The van der Waals surface area contributed by atoms with Crippen molar-refractivity contribution in [2.24, 2.45) is 0 Å². The fourth-order valence-corrected chi connectivity index (χ4v) is 2.94. The number of unbranched alkanes of at least 4 members (excludes halogenated alkanes) is 2. The Kier molecular flexibility index (Phi) is 6.41. The van der Waals surface area contributed by atoms with E-state index in [1.807, 2.05) is 36.1 Å². The molecule has 0 bridgehead atoms. The Morgan fingerprint density at radius 1 is 1.38 bits per heavy atom. The van der Waals surface area contributed by atoms with Crippen LogP contribution in [0.1, 0.15) is 37.1 Å². The maximum absolute atomic E-state index is 5.98. The fourth-order valence-electron chi connectivity index (χ4n) is 2.15. The smallest absolute Gasteiger partial charge is 0.125 e. The predicted molar refractivity (Wildman–Crippen MR) is 89.6 cm³/mol. The van der Waals surface area contributed by atoms with E-state index in [2.05, 4.69) is 29.1 Å². The summed E-state index contributed by atoms with van der Waals surface area (Å²) >= 11 is 1.65. The molecule has 21 heavy (non-hydrogen) atoms. The Hall–Kier alpha value is -1.68. The molecule has 1 unspecified atom stereocenters. The Bertz CT molecular complexity index is 539. The number of hydrogen-bond donors (Lipinski definition) is 0. The highest BCUT2D eigenvalue weighted by Crippen LogP contribution is 2.36. The average molecular weight is 302 g/mol. The van der Waals surface area contributed by atoms with Crippen LogP contribution in [0.3, 0.4) is 0 Å². The van der Waals surface area contributed by atoms with Crippen LogP contribution in [-0.2, 0) is 0 Å². The molecule has 2 aromatic rings. The molecule has 0 saturated carbocycles. The maximum atomic E-state index is 5.98. The summed E-state index contributed by atoms with van der Waals surface area (Å²) in [6.45, 7) is 6.80. The SMILES string of the molecule is C=CSC(c1ccccc1OCCCCC)n1ccnc1. The van der Waals surface area contributed by atoms with E-state index in [-0.39, 0.29) is 5.37 Å². The molecule has 0 aliphatic rings. The normalized spacial score (nSPS) is 12.0. The maximum Gasteiger partial charge on any atom is 0.125 e. The van der Waals surface area contributed by atoms with Crippen molar-refractivity contribution in [3.63, 3.8) is 0 Å². The molecule has 0 radical (unpaired) electrons. The Morgan fingerprint density at radius 3 is 2.95 bits per heavy atom. The van der Waals surface area contributed by atoms with Gasteiger partial charge in [-0.15, -0.1) is 11.8 Å². The van der Waals surface area contributed by atoms with Gasteiger partial charge in [-0.1, -0.05) is 44.5 Å². The topological polar surface area (TPSA) is 27.1 Å². The zero-order valence-corrected chi connectivity index (χ0v) is 13.3. The summed E-state index contributed by atoms with van der Waals surface area (Å²) in [5.41, 5.74) is 1.15. The molecule has 2 rings (SSSR count). The van der Waals surface area contributed by atoms with Gasteiger partial charge in [-0.05, 0) is 17.9 Å². The van der Waals surface area contributed by atoms with Gasteiger partial charge in [0.15, 0.2) is 0 Å². The number of hydrogen-bond acceptors (Lipinski definition) is 3. The molecule has 1 aromatic carbocycles. The first-order valence-electron chi connectivity index (χ1n) is 7.32. The summed E-state index contributed by atoms with van der Waals surface area (Å²) in [5, 5.41) is 1.96. The molecule has 0 saturated heterocycles. The molecule has 3 nitrogen and oxygen atoms in total. The summed E-state index contributed by atoms with van der Waals surface area (Å²) in [6, 6.07) is 8.20. The van der Waals surface area contributed by atoms with Crippen molar-refractivity contribution in [1.82, 2.24) is 9.55 Å². The van der Waals surface area contributed by atoms with Crippen LogP contribution in [-0.4, -0.2) is 16.2 Å². The number of para-hydroxylation sites is 1. The highest BCUT2D eigenvalue weighted by molar-refractivity contribution is 8.02. The molecule has 112 valence electrons. The highest BCUT2D eigenvalue weighted by atomic mass is 32.2. The first-order chi connectivity index (χ1) is 10.4. The lowest BCUT2D eigenvalue weighted by Crippen LogP contribution is -2.07. The lowest BCUT2D eigenvalue weighted by Gasteiger charge is -2.20. The van der Waals surface area contributed by atoms with Gasteiger partial charge in [-0.3, -0.25) is 0 Å². The minimum Gasteiger partial charge on any atom is -0.493 e. The number of aromatic nitrogens is 2. The number of ether oxygens (including phenoxy) is 1. The number of rotatable bonds is 9. The molecule has 1 aromatic heterocycles. The Balaban J connectivity index is 2.18. The molecular weight excluding hydrogens is 280 g/mol. The summed E-state index contributed by atoms with van der Waals surface area (Å²) < 4.78 is 8.05. The lowest BCUT2D eigenvalue weighted by molar-refractivity contribution is 0.302. The van der Waals surface area contributed by atoms with Gasteiger partial charge in [0.2, 0.25) is 0 Å². The van der Waals surface area contributed by atoms with Crippen molar-refractivity contribution in [2.75, 3.05) is 6.61 Å². The van der Waals surface area contributed by atoms with Crippen molar-refractivity contribution in [2.45, 2.75) is 31.6 Å². The van der Waals surface area contributed by atoms with Gasteiger partial charge in [0.25, 0.3) is 0 Å². The van der Waals surface area contributed by atoms with E-state index in [1.165, 1.54) is 12.8 Å². The van der Waals surface area contributed by atoms with E-state index in [0.717, 1.165) is 24.3 Å². The zero-order valence-electron chi connectivity index (χ0n) is 12.4. The summed E-state index contributed by atoms with van der Waals surface area (Å²) in [7, 11) is 0. The number of thioether (sulfide) groups is 1. The van der Waals surface area contributed by atoms with Crippen LogP contribution in [0.25, 0.3) is 0 Å². The molecule has 1 heterocycles. The second-order valence-corrected chi connectivity index (χ2v) is 5.81. The van der Waals surface area contributed by atoms with Crippen LogP contribution in [0.2, 0.25) is 0 Å². The van der Waals surface area contributed by atoms with E-state index in [9.17, 15) is 0 Å². The summed E-state index contributed by atoms with van der Waals surface area (Å²) in [4.78, 5) is 4.14.